The number of carbonyl (C=O) groups is 1. The van der Waals surface area contributed by atoms with Gasteiger partial charge in [0.25, 0.3) is 5.91 Å². The summed E-state index contributed by atoms with van der Waals surface area (Å²) in [5, 5.41) is 6.10. The molecule has 1 aliphatic heterocycles. The second kappa shape index (κ2) is 8.55. The summed E-state index contributed by atoms with van der Waals surface area (Å²) in [4.78, 5) is 23.0. The first-order valence-corrected chi connectivity index (χ1v) is 8.46. The molecule has 25 heavy (non-hydrogen) atoms. The largest absolute Gasteiger partial charge is 0.379 e. The maximum absolute atomic E-state index is 12.4. The summed E-state index contributed by atoms with van der Waals surface area (Å²) in [5.74, 6) is 0.415. The van der Waals surface area contributed by atoms with Gasteiger partial charge in [0.15, 0.2) is 0 Å². The summed E-state index contributed by atoms with van der Waals surface area (Å²) >= 11 is 0. The highest BCUT2D eigenvalue weighted by atomic mass is 16.5. The Morgan fingerprint density at radius 3 is 2.76 bits per heavy atom. The molecule has 2 heterocycles. The number of nitrogens with one attached hydrogen (secondary N) is 2. The number of nitrogens with zero attached hydrogens (tertiary/aromatic N) is 3. The van der Waals surface area contributed by atoms with E-state index in [1.807, 2.05) is 12.1 Å². The number of benzene rings is 1. The number of anilines is 2. The highest BCUT2D eigenvalue weighted by molar-refractivity contribution is 5.95. The van der Waals surface area contributed by atoms with Gasteiger partial charge in [-0.25, -0.2) is 9.97 Å². The molecule has 0 radical (unpaired) electrons. The molecule has 7 heteroatoms. The third-order valence-electron chi connectivity index (χ3n) is 4.17. The molecule has 132 valence electrons. The molecule has 0 saturated carbocycles. The van der Waals surface area contributed by atoms with E-state index >= 15 is 0 Å². The molecule has 1 aromatic heterocycles. The van der Waals surface area contributed by atoms with Gasteiger partial charge in [0.1, 0.15) is 0 Å². The van der Waals surface area contributed by atoms with E-state index in [1.54, 1.807) is 30.6 Å². The number of hydrogen-bond donors (Lipinski definition) is 2. The number of aromatic nitrogens is 2. The molecule has 1 atom stereocenters. The van der Waals surface area contributed by atoms with Gasteiger partial charge in [-0.2, -0.15) is 0 Å². The lowest BCUT2D eigenvalue weighted by molar-refractivity contribution is 0.0204. The number of rotatable bonds is 6. The van der Waals surface area contributed by atoms with E-state index in [0.717, 1.165) is 32.0 Å². The molecule has 2 N–H and O–H groups in total. The van der Waals surface area contributed by atoms with Gasteiger partial charge in [0, 0.05) is 49.3 Å². The average Bonchev–Trinajstić information content (AvgIpc) is 2.67. The molecule has 0 spiro atoms. The topological polar surface area (TPSA) is 79.4 Å². The van der Waals surface area contributed by atoms with E-state index in [1.165, 1.54) is 0 Å². The molecule has 1 fully saturated rings. The van der Waals surface area contributed by atoms with Crippen molar-refractivity contribution in [2.24, 2.45) is 0 Å². The molecule has 1 aromatic carbocycles. The van der Waals surface area contributed by atoms with Gasteiger partial charge in [0.2, 0.25) is 5.95 Å². The maximum atomic E-state index is 12.4. The monoisotopic (exact) mass is 341 g/mol. The molecule has 2 aromatic rings. The Labute approximate surface area is 147 Å². The van der Waals surface area contributed by atoms with Crippen LogP contribution in [0.5, 0.6) is 0 Å². The van der Waals surface area contributed by atoms with Crippen LogP contribution in [0, 0.1) is 0 Å². The lowest BCUT2D eigenvalue weighted by atomic mass is 10.1. The zero-order valence-corrected chi connectivity index (χ0v) is 14.3. The van der Waals surface area contributed by atoms with Crippen molar-refractivity contribution in [1.29, 1.82) is 0 Å². The summed E-state index contributed by atoms with van der Waals surface area (Å²) in [6.07, 6.45) is 3.33. The standard InChI is InChI=1S/C18H23N5O2/c1-14(23-8-10-25-11-9-23)13-21-17(24)15-4-2-5-16(12-15)22-18-19-6-3-7-20-18/h2-7,12,14H,8-11,13H2,1H3,(H,21,24)(H,19,20,22)/t14-/m1/s1. The first-order chi connectivity index (χ1) is 12.2. The van der Waals surface area contributed by atoms with Crippen molar-refractivity contribution in [2.45, 2.75) is 13.0 Å². The third kappa shape index (κ3) is 4.98. The van der Waals surface area contributed by atoms with Crippen LogP contribution in [-0.4, -0.2) is 59.7 Å². The summed E-state index contributed by atoms with van der Waals surface area (Å²) in [7, 11) is 0. The molecule has 0 unspecified atom stereocenters. The molecule has 3 rings (SSSR count). The number of amides is 1. The van der Waals surface area contributed by atoms with Crippen molar-refractivity contribution >= 4 is 17.5 Å². The van der Waals surface area contributed by atoms with Crippen molar-refractivity contribution in [2.75, 3.05) is 38.2 Å². The van der Waals surface area contributed by atoms with E-state index in [0.29, 0.717) is 18.1 Å². The summed E-state index contributed by atoms with van der Waals surface area (Å²) in [6, 6.07) is 9.35. The molecular formula is C18H23N5O2. The van der Waals surface area contributed by atoms with Gasteiger partial charge >= 0.3 is 0 Å². The van der Waals surface area contributed by atoms with Crippen molar-refractivity contribution < 1.29 is 9.53 Å². The molecule has 1 amide bonds. The van der Waals surface area contributed by atoms with Gasteiger partial charge in [0.05, 0.1) is 13.2 Å². The van der Waals surface area contributed by atoms with Crippen molar-refractivity contribution in [3.63, 3.8) is 0 Å². The van der Waals surface area contributed by atoms with Crippen molar-refractivity contribution in [3.05, 3.63) is 48.3 Å². The van der Waals surface area contributed by atoms with Crippen molar-refractivity contribution in [1.82, 2.24) is 20.2 Å². The lowest BCUT2D eigenvalue weighted by Gasteiger charge is -2.32. The SMILES string of the molecule is C[C@H](CNC(=O)c1cccc(Nc2ncccn2)c1)N1CCOCC1. The fourth-order valence-electron chi connectivity index (χ4n) is 2.72. The van der Waals surface area contributed by atoms with Gasteiger partial charge in [-0.1, -0.05) is 6.07 Å². The molecule has 0 bridgehead atoms. The van der Waals surface area contributed by atoms with Crippen LogP contribution in [0.3, 0.4) is 0 Å². The summed E-state index contributed by atoms with van der Waals surface area (Å²) in [6.45, 7) is 6.07. The molecule has 1 saturated heterocycles. The van der Waals surface area contributed by atoms with Gasteiger partial charge in [-0.05, 0) is 31.2 Å². The van der Waals surface area contributed by atoms with Gasteiger partial charge < -0.3 is 15.4 Å². The van der Waals surface area contributed by atoms with Crippen LogP contribution in [0.1, 0.15) is 17.3 Å². The van der Waals surface area contributed by atoms with Gasteiger partial charge in [-0.15, -0.1) is 0 Å². The minimum Gasteiger partial charge on any atom is -0.379 e. The minimum absolute atomic E-state index is 0.0854. The zero-order valence-electron chi connectivity index (χ0n) is 14.3. The minimum atomic E-state index is -0.0854. The van der Waals surface area contributed by atoms with E-state index in [9.17, 15) is 4.79 Å². The first-order valence-electron chi connectivity index (χ1n) is 8.46. The Morgan fingerprint density at radius 2 is 2.00 bits per heavy atom. The second-order valence-electron chi connectivity index (χ2n) is 5.99. The van der Waals surface area contributed by atoms with Crippen LogP contribution in [0.2, 0.25) is 0 Å². The Balaban J connectivity index is 1.55. The Bertz CT molecular complexity index is 689. The number of hydrogen-bond acceptors (Lipinski definition) is 6. The Morgan fingerprint density at radius 1 is 1.24 bits per heavy atom. The van der Waals surface area contributed by atoms with E-state index in [4.69, 9.17) is 4.74 Å². The highest BCUT2D eigenvalue weighted by Gasteiger charge is 2.17. The van der Waals surface area contributed by atoms with Crippen LogP contribution < -0.4 is 10.6 Å². The molecule has 0 aliphatic carbocycles. The van der Waals surface area contributed by atoms with Crippen LogP contribution in [-0.2, 0) is 4.74 Å². The normalized spacial score (nSPS) is 16.2. The van der Waals surface area contributed by atoms with Crippen LogP contribution >= 0.6 is 0 Å². The molecule has 1 aliphatic rings. The highest BCUT2D eigenvalue weighted by Crippen LogP contribution is 2.14. The Hall–Kier alpha value is -2.51. The average molecular weight is 341 g/mol. The quantitative estimate of drug-likeness (QED) is 0.832. The zero-order chi connectivity index (χ0) is 17.5. The van der Waals surface area contributed by atoms with Crippen LogP contribution in [0.25, 0.3) is 0 Å². The summed E-state index contributed by atoms with van der Waals surface area (Å²) < 4.78 is 5.36. The fourth-order valence-corrected chi connectivity index (χ4v) is 2.72. The number of ether oxygens (including phenoxy) is 1. The predicted molar refractivity (Wildman–Crippen MR) is 95.9 cm³/mol. The number of morpholine rings is 1. The first kappa shape index (κ1) is 17.3. The van der Waals surface area contributed by atoms with Gasteiger partial charge in [-0.3, -0.25) is 9.69 Å². The fraction of sp³-hybridized carbons (Fsp3) is 0.389. The molecule has 7 nitrogen and oxygen atoms in total. The Kier molecular flexibility index (Phi) is 5.92. The molecular weight excluding hydrogens is 318 g/mol. The van der Waals surface area contributed by atoms with E-state index < -0.39 is 0 Å². The predicted octanol–water partition coefficient (Wildman–Crippen LogP) is 1.67. The van der Waals surface area contributed by atoms with Crippen LogP contribution in [0.15, 0.2) is 42.7 Å². The smallest absolute Gasteiger partial charge is 0.251 e. The third-order valence-corrected chi connectivity index (χ3v) is 4.17. The van der Waals surface area contributed by atoms with E-state index in [2.05, 4.69) is 32.4 Å². The summed E-state index contributed by atoms with van der Waals surface area (Å²) in [5.41, 5.74) is 1.38. The maximum Gasteiger partial charge on any atom is 0.251 e. The van der Waals surface area contributed by atoms with Crippen molar-refractivity contribution in [3.8, 4) is 0 Å². The second-order valence-corrected chi connectivity index (χ2v) is 5.99. The van der Waals surface area contributed by atoms with Crippen LogP contribution in [0.4, 0.5) is 11.6 Å². The number of carbonyl (C=O) groups excluding carboxylic acids is 1. The van der Waals surface area contributed by atoms with E-state index in [-0.39, 0.29) is 11.9 Å². The lowest BCUT2D eigenvalue weighted by Crippen LogP contribution is -2.47.